The third-order valence-electron chi connectivity index (χ3n) is 3.18. The number of hydrogen-bond acceptors (Lipinski definition) is 2. The Bertz CT molecular complexity index is 533. The van der Waals surface area contributed by atoms with E-state index in [2.05, 4.69) is 26.3 Å². The van der Waals surface area contributed by atoms with Crippen LogP contribution < -0.4 is 5.32 Å². The minimum absolute atomic E-state index is 0.0178. The Morgan fingerprint density at radius 3 is 2.84 bits per heavy atom. The molecule has 0 aliphatic rings. The Morgan fingerprint density at radius 1 is 1.47 bits per heavy atom. The van der Waals surface area contributed by atoms with Crippen molar-refractivity contribution in [2.24, 2.45) is 7.05 Å². The van der Waals surface area contributed by atoms with Crippen LogP contribution >= 0.6 is 15.9 Å². The first-order chi connectivity index (χ1) is 9.11. The van der Waals surface area contributed by atoms with E-state index in [4.69, 9.17) is 0 Å². The second kappa shape index (κ2) is 6.30. The summed E-state index contributed by atoms with van der Waals surface area (Å²) in [5.74, 6) is -0.181. The Labute approximate surface area is 121 Å². The molecule has 0 saturated heterocycles. The summed E-state index contributed by atoms with van der Waals surface area (Å²) in [6, 6.07) is 5.05. The van der Waals surface area contributed by atoms with Crippen LogP contribution in [-0.2, 0) is 13.5 Å². The molecule has 0 aliphatic heterocycles. The van der Waals surface area contributed by atoms with Crippen molar-refractivity contribution in [2.75, 3.05) is 7.05 Å². The van der Waals surface area contributed by atoms with E-state index in [1.165, 1.54) is 6.07 Å². The number of hydrogen-bond donors (Lipinski definition) is 1. The van der Waals surface area contributed by atoms with Crippen LogP contribution in [-0.4, -0.2) is 16.8 Å². The van der Waals surface area contributed by atoms with Crippen LogP contribution in [0.25, 0.3) is 0 Å². The molecule has 2 aromatic rings. The summed E-state index contributed by atoms with van der Waals surface area (Å²) in [6.45, 7) is 0. The van der Waals surface area contributed by atoms with Gasteiger partial charge >= 0.3 is 0 Å². The minimum atomic E-state index is -0.181. The highest BCUT2D eigenvalue weighted by molar-refractivity contribution is 9.10. The van der Waals surface area contributed by atoms with Crippen molar-refractivity contribution in [3.05, 3.63) is 52.0 Å². The van der Waals surface area contributed by atoms with E-state index in [0.29, 0.717) is 5.56 Å². The SMILES string of the molecule is CNC(CCc1cnn(C)c1)c1c(F)cccc1Br. The van der Waals surface area contributed by atoms with Crippen molar-refractivity contribution in [1.29, 1.82) is 0 Å². The summed E-state index contributed by atoms with van der Waals surface area (Å²) in [4.78, 5) is 0. The number of halogens is 2. The fraction of sp³-hybridized carbons (Fsp3) is 0.357. The van der Waals surface area contributed by atoms with Gasteiger partial charge in [0.05, 0.1) is 6.20 Å². The van der Waals surface area contributed by atoms with E-state index in [9.17, 15) is 4.39 Å². The maximum atomic E-state index is 13.9. The zero-order chi connectivity index (χ0) is 13.8. The van der Waals surface area contributed by atoms with Crippen LogP contribution in [0.1, 0.15) is 23.6 Å². The Balaban J connectivity index is 2.12. The summed E-state index contributed by atoms with van der Waals surface area (Å²) in [6.07, 6.45) is 5.52. The molecule has 1 unspecified atom stereocenters. The van der Waals surface area contributed by atoms with Crippen LogP contribution in [0.15, 0.2) is 35.1 Å². The van der Waals surface area contributed by atoms with Crippen molar-refractivity contribution >= 4 is 15.9 Å². The van der Waals surface area contributed by atoms with E-state index < -0.39 is 0 Å². The van der Waals surface area contributed by atoms with Gasteiger partial charge in [0.1, 0.15) is 5.82 Å². The van der Waals surface area contributed by atoms with Gasteiger partial charge in [0.25, 0.3) is 0 Å². The number of rotatable bonds is 5. The third-order valence-corrected chi connectivity index (χ3v) is 3.87. The van der Waals surface area contributed by atoms with Crippen molar-refractivity contribution < 1.29 is 4.39 Å². The summed E-state index contributed by atoms with van der Waals surface area (Å²) in [7, 11) is 3.75. The van der Waals surface area contributed by atoms with Crippen molar-refractivity contribution in [1.82, 2.24) is 15.1 Å². The summed E-state index contributed by atoms with van der Waals surface area (Å²) in [5, 5.41) is 7.32. The van der Waals surface area contributed by atoms with Gasteiger partial charge in [0.15, 0.2) is 0 Å². The lowest BCUT2D eigenvalue weighted by Crippen LogP contribution is -2.19. The van der Waals surface area contributed by atoms with Gasteiger partial charge in [-0.2, -0.15) is 5.10 Å². The molecule has 1 heterocycles. The molecule has 19 heavy (non-hydrogen) atoms. The largest absolute Gasteiger partial charge is 0.313 e. The predicted molar refractivity (Wildman–Crippen MR) is 77.4 cm³/mol. The maximum absolute atomic E-state index is 13.9. The van der Waals surface area contributed by atoms with E-state index >= 15 is 0 Å². The van der Waals surface area contributed by atoms with Crippen LogP contribution in [0.4, 0.5) is 4.39 Å². The van der Waals surface area contributed by atoms with E-state index in [1.54, 1.807) is 10.7 Å². The summed E-state index contributed by atoms with van der Waals surface area (Å²) in [5.41, 5.74) is 1.85. The first-order valence-corrected chi connectivity index (χ1v) is 7.00. The summed E-state index contributed by atoms with van der Waals surface area (Å²) >= 11 is 3.42. The molecule has 5 heteroatoms. The molecular weight excluding hydrogens is 309 g/mol. The van der Waals surface area contributed by atoms with Gasteiger partial charge in [-0.05, 0) is 37.6 Å². The van der Waals surface area contributed by atoms with Crippen LogP contribution in [0.5, 0.6) is 0 Å². The molecule has 102 valence electrons. The molecule has 0 radical (unpaired) electrons. The molecule has 0 fully saturated rings. The second-order valence-corrected chi connectivity index (χ2v) is 5.39. The average molecular weight is 326 g/mol. The molecule has 1 atom stereocenters. The molecule has 0 saturated carbocycles. The Kier molecular flexibility index (Phi) is 4.71. The molecule has 2 rings (SSSR count). The van der Waals surface area contributed by atoms with E-state index in [-0.39, 0.29) is 11.9 Å². The molecule has 0 bridgehead atoms. The van der Waals surface area contributed by atoms with Crippen molar-refractivity contribution in [3.63, 3.8) is 0 Å². The monoisotopic (exact) mass is 325 g/mol. The van der Waals surface area contributed by atoms with E-state index in [0.717, 1.165) is 22.9 Å². The van der Waals surface area contributed by atoms with Crippen molar-refractivity contribution in [2.45, 2.75) is 18.9 Å². The minimum Gasteiger partial charge on any atom is -0.313 e. The lowest BCUT2D eigenvalue weighted by atomic mass is 10.00. The molecule has 1 aromatic heterocycles. The van der Waals surface area contributed by atoms with Crippen LogP contribution in [0, 0.1) is 5.82 Å². The van der Waals surface area contributed by atoms with Gasteiger partial charge in [-0.1, -0.05) is 22.0 Å². The number of aromatic nitrogens is 2. The zero-order valence-corrected chi connectivity index (χ0v) is 12.6. The number of aryl methyl sites for hydroxylation is 2. The first kappa shape index (κ1) is 14.2. The highest BCUT2D eigenvalue weighted by atomic mass is 79.9. The topological polar surface area (TPSA) is 29.9 Å². The fourth-order valence-electron chi connectivity index (χ4n) is 2.19. The van der Waals surface area contributed by atoms with Gasteiger partial charge < -0.3 is 5.32 Å². The second-order valence-electron chi connectivity index (χ2n) is 4.54. The van der Waals surface area contributed by atoms with Gasteiger partial charge in [-0.3, -0.25) is 4.68 Å². The lowest BCUT2D eigenvalue weighted by molar-refractivity contribution is 0.506. The van der Waals surface area contributed by atoms with Gasteiger partial charge in [0, 0.05) is 29.3 Å². The number of benzene rings is 1. The lowest BCUT2D eigenvalue weighted by Gasteiger charge is -2.18. The first-order valence-electron chi connectivity index (χ1n) is 6.20. The fourth-order valence-corrected chi connectivity index (χ4v) is 2.81. The molecular formula is C14H17BrFN3. The molecule has 3 nitrogen and oxygen atoms in total. The van der Waals surface area contributed by atoms with Gasteiger partial charge in [-0.15, -0.1) is 0 Å². The van der Waals surface area contributed by atoms with E-state index in [1.807, 2.05) is 32.6 Å². The molecule has 0 amide bonds. The van der Waals surface area contributed by atoms with Crippen molar-refractivity contribution in [3.8, 4) is 0 Å². The molecule has 1 aromatic carbocycles. The molecule has 1 N–H and O–H groups in total. The number of nitrogens with one attached hydrogen (secondary N) is 1. The highest BCUT2D eigenvalue weighted by Gasteiger charge is 2.17. The van der Waals surface area contributed by atoms with Crippen LogP contribution in [0.2, 0.25) is 0 Å². The maximum Gasteiger partial charge on any atom is 0.129 e. The highest BCUT2D eigenvalue weighted by Crippen LogP contribution is 2.28. The zero-order valence-electron chi connectivity index (χ0n) is 11.0. The standard InChI is InChI=1S/C14H17BrFN3/c1-17-13(7-6-10-8-18-19(2)9-10)14-11(15)4-3-5-12(14)16/h3-5,8-9,13,17H,6-7H2,1-2H3. The Hall–Kier alpha value is -1.20. The average Bonchev–Trinajstić information content (AvgIpc) is 2.79. The van der Waals surface area contributed by atoms with Gasteiger partial charge in [-0.25, -0.2) is 4.39 Å². The smallest absolute Gasteiger partial charge is 0.129 e. The Morgan fingerprint density at radius 2 is 2.26 bits per heavy atom. The third kappa shape index (κ3) is 3.42. The predicted octanol–water partition coefficient (Wildman–Crippen LogP) is 3.22. The quantitative estimate of drug-likeness (QED) is 0.914. The summed E-state index contributed by atoms with van der Waals surface area (Å²) < 4.78 is 16.5. The molecule has 0 spiro atoms. The molecule has 0 aliphatic carbocycles. The number of nitrogens with zero attached hydrogens (tertiary/aromatic N) is 2. The van der Waals surface area contributed by atoms with Crippen LogP contribution in [0.3, 0.4) is 0 Å². The normalized spacial score (nSPS) is 12.6. The van der Waals surface area contributed by atoms with Gasteiger partial charge in [0.2, 0.25) is 0 Å².